The number of amides is 1. The van der Waals surface area contributed by atoms with Gasteiger partial charge in [-0.05, 0) is 71.4 Å². The SMILES string of the molecule is CC(C)(C)OC(=O)NC1CC2(CCCNCC2)CC1O. The van der Waals surface area contributed by atoms with Crippen LogP contribution in [0.4, 0.5) is 4.79 Å². The molecule has 1 spiro atoms. The van der Waals surface area contributed by atoms with E-state index in [2.05, 4.69) is 10.6 Å². The highest BCUT2D eigenvalue weighted by atomic mass is 16.6. The fraction of sp³-hybridized carbons (Fsp3) is 0.933. The number of rotatable bonds is 1. The summed E-state index contributed by atoms with van der Waals surface area (Å²) >= 11 is 0. The Balaban J connectivity index is 1.91. The van der Waals surface area contributed by atoms with E-state index in [0.717, 1.165) is 45.2 Å². The maximum atomic E-state index is 11.8. The third-order valence-electron chi connectivity index (χ3n) is 4.35. The number of hydrogen-bond donors (Lipinski definition) is 3. The highest BCUT2D eigenvalue weighted by Crippen LogP contribution is 2.45. The number of carbonyl (C=O) groups excluding carboxylic acids is 1. The number of aliphatic hydroxyl groups is 1. The van der Waals surface area contributed by atoms with Crippen LogP contribution in [0.5, 0.6) is 0 Å². The smallest absolute Gasteiger partial charge is 0.407 e. The van der Waals surface area contributed by atoms with Gasteiger partial charge in [0.05, 0.1) is 12.1 Å². The molecule has 5 nitrogen and oxygen atoms in total. The van der Waals surface area contributed by atoms with Crippen molar-refractivity contribution in [2.24, 2.45) is 5.41 Å². The molecule has 20 heavy (non-hydrogen) atoms. The van der Waals surface area contributed by atoms with Gasteiger partial charge in [0.1, 0.15) is 5.60 Å². The van der Waals surface area contributed by atoms with Gasteiger partial charge >= 0.3 is 6.09 Å². The number of nitrogens with one attached hydrogen (secondary N) is 2. The van der Waals surface area contributed by atoms with E-state index in [9.17, 15) is 9.90 Å². The Kier molecular flexibility index (Phi) is 4.59. The van der Waals surface area contributed by atoms with E-state index in [1.54, 1.807) is 0 Å². The summed E-state index contributed by atoms with van der Waals surface area (Å²) in [5, 5.41) is 16.5. The van der Waals surface area contributed by atoms with Gasteiger partial charge in [-0.2, -0.15) is 0 Å². The summed E-state index contributed by atoms with van der Waals surface area (Å²) in [5.41, 5.74) is -0.319. The van der Waals surface area contributed by atoms with E-state index in [-0.39, 0.29) is 11.5 Å². The van der Waals surface area contributed by atoms with Crippen LogP contribution in [0.25, 0.3) is 0 Å². The molecule has 0 aromatic heterocycles. The Labute approximate surface area is 121 Å². The summed E-state index contributed by atoms with van der Waals surface area (Å²) < 4.78 is 5.27. The lowest BCUT2D eigenvalue weighted by Gasteiger charge is -2.27. The first kappa shape index (κ1) is 15.6. The van der Waals surface area contributed by atoms with Crippen LogP contribution in [0.3, 0.4) is 0 Å². The van der Waals surface area contributed by atoms with Gasteiger partial charge < -0.3 is 20.5 Å². The molecule has 2 fully saturated rings. The molecule has 5 heteroatoms. The first-order valence-electron chi connectivity index (χ1n) is 7.68. The molecule has 1 amide bonds. The lowest BCUT2D eigenvalue weighted by molar-refractivity contribution is 0.0450. The number of aliphatic hydroxyl groups excluding tert-OH is 1. The largest absolute Gasteiger partial charge is 0.444 e. The minimum absolute atomic E-state index is 0.178. The van der Waals surface area contributed by atoms with Crippen LogP contribution in [0, 0.1) is 5.41 Å². The van der Waals surface area contributed by atoms with E-state index in [0.29, 0.717) is 0 Å². The van der Waals surface area contributed by atoms with Gasteiger partial charge in [-0.1, -0.05) is 0 Å². The first-order valence-corrected chi connectivity index (χ1v) is 7.68. The van der Waals surface area contributed by atoms with E-state index >= 15 is 0 Å². The minimum Gasteiger partial charge on any atom is -0.444 e. The van der Waals surface area contributed by atoms with Gasteiger partial charge in [-0.3, -0.25) is 0 Å². The van der Waals surface area contributed by atoms with Crippen molar-refractivity contribution < 1.29 is 14.6 Å². The summed E-state index contributed by atoms with van der Waals surface area (Å²) in [6.45, 7) is 7.59. The number of carbonyl (C=O) groups is 1. The van der Waals surface area contributed by atoms with Crippen molar-refractivity contribution in [1.29, 1.82) is 0 Å². The van der Waals surface area contributed by atoms with Crippen molar-refractivity contribution in [3.63, 3.8) is 0 Å². The Morgan fingerprint density at radius 3 is 2.75 bits per heavy atom. The van der Waals surface area contributed by atoms with Crippen molar-refractivity contribution in [1.82, 2.24) is 10.6 Å². The zero-order chi connectivity index (χ0) is 14.8. The van der Waals surface area contributed by atoms with E-state index < -0.39 is 17.8 Å². The molecule has 0 aromatic rings. The number of alkyl carbamates (subject to hydrolysis) is 1. The van der Waals surface area contributed by atoms with Crippen LogP contribution in [0.15, 0.2) is 0 Å². The van der Waals surface area contributed by atoms with Crippen LogP contribution in [0.1, 0.15) is 52.9 Å². The van der Waals surface area contributed by atoms with Crippen LogP contribution in [-0.2, 0) is 4.74 Å². The topological polar surface area (TPSA) is 70.6 Å². The summed E-state index contributed by atoms with van der Waals surface area (Å²) in [7, 11) is 0. The molecule has 2 rings (SSSR count). The third-order valence-corrected chi connectivity index (χ3v) is 4.35. The van der Waals surface area contributed by atoms with E-state index in [4.69, 9.17) is 4.74 Å². The van der Waals surface area contributed by atoms with Crippen molar-refractivity contribution in [3.05, 3.63) is 0 Å². The standard InChI is InChI=1S/C15H28N2O3/c1-14(2,3)20-13(19)17-11-9-15(10-12(11)18)5-4-7-16-8-6-15/h11-12,16,18H,4-10H2,1-3H3,(H,17,19). The summed E-state index contributed by atoms with van der Waals surface area (Å²) in [5.74, 6) is 0. The predicted molar refractivity (Wildman–Crippen MR) is 77.6 cm³/mol. The van der Waals surface area contributed by atoms with Crippen LogP contribution < -0.4 is 10.6 Å². The van der Waals surface area contributed by atoms with Gasteiger partial charge in [0, 0.05) is 0 Å². The maximum Gasteiger partial charge on any atom is 0.407 e. The zero-order valence-corrected chi connectivity index (χ0v) is 12.9. The third kappa shape index (κ3) is 4.09. The molecule has 0 bridgehead atoms. The summed E-state index contributed by atoms with van der Waals surface area (Å²) in [6.07, 6.45) is 4.11. The number of ether oxygens (including phenoxy) is 1. The highest BCUT2D eigenvalue weighted by molar-refractivity contribution is 5.68. The minimum atomic E-state index is -0.502. The van der Waals surface area contributed by atoms with Crippen molar-refractivity contribution in [3.8, 4) is 0 Å². The lowest BCUT2D eigenvalue weighted by Crippen LogP contribution is -2.42. The Morgan fingerprint density at radius 2 is 2.05 bits per heavy atom. The Hall–Kier alpha value is -0.810. The van der Waals surface area contributed by atoms with Gasteiger partial charge in [-0.15, -0.1) is 0 Å². The lowest BCUT2D eigenvalue weighted by atomic mass is 9.79. The molecular weight excluding hydrogens is 256 g/mol. The molecule has 3 N–H and O–H groups in total. The van der Waals surface area contributed by atoms with Crippen LogP contribution >= 0.6 is 0 Å². The molecule has 116 valence electrons. The fourth-order valence-corrected chi connectivity index (χ4v) is 3.48. The summed E-state index contributed by atoms with van der Waals surface area (Å²) in [6, 6.07) is -0.178. The van der Waals surface area contributed by atoms with Gasteiger partial charge in [0.25, 0.3) is 0 Å². The monoisotopic (exact) mass is 284 g/mol. The quantitative estimate of drug-likeness (QED) is 0.686. The zero-order valence-electron chi connectivity index (χ0n) is 12.9. The Bertz CT molecular complexity index is 344. The second-order valence-electron chi connectivity index (χ2n) is 7.33. The average molecular weight is 284 g/mol. The number of hydrogen-bond acceptors (Lipinski definition) is 4. The molecule has 1 aliphatic carbocycles. The van der Waals surface area contributed by atoms with Gasteiger partial charge in [0.2, 0.25) is 0 Å². The predicted octanol–water partition coefficient (Wildman–Crippen LogP) is 1.79. The Morgan fingerprint density at radius 1 is 1.30 bits per heavy atom. The fourth-order valence-electron chi connectivity index (χ4n) is 3.48. The molecular formula is C15H28N2O3. The van der Waals surface area contributed by atoms with E-state index in [1.807, 2.05) is 20.8 Å². The normalized spacial score (nSPS) is 34.8. The van der Waals surface area contributed by atoms with Crippen molar-refractivity contribution in [2.75, 3.05) is 13.1 Å². The second kappa shape index (κ2) is 5.90. The molecule has 3 atom stereocenters. The average Bonchev–Trinajstić information content (AvgIpc) is 2.47. The van der Waals surface area contributed by atoms with Gasteiger partial charge in [-0.25, -0.2) is 4.79 Å². The molecule has 0 aromatic carbocycles. The molecule has 3 unspecified atom stereocenters. The first-order chi connectivity index (χ1) is 9.30. The molecule has 1 saturated carbocycles. The molecule has 1 heterocycles. The molecule has 1 saturated heterocycles. The highest BCUT2D eigenvalue weighted by Gasteiger charge is 2.45. The van der Waals surface area contributed by atoms with Crippen molar-refractivity contribution in [2.45, 2.75) is 70.6 Å². The molecule has 2 aliphatic rings. The second-order valence-corrected chi connectivity index (χ2v) is 7.33. The maximum absolute atomic E-state index is 11.8. The van der Waals surface area contributed by atoms with Crippen molar-refractivity contribution >= 4 is 6.09 Å². The molecule has 1 aliphatic heterocycles. The molecule has 0 radical (unpaired) electrons. The van der Waals surface area contributed by atoms with E-state index in [1.165, 1.54) is 0 Å². The van der Waals surface area contributed by atoms with Gasteiger partial charge in [0.15, 0.2) is 0 Å². The summed E-state index contributed by atoms with van der Waals surface area (Å²) in [4.78, 5) is 11.8. The van der Waals surface area contributed by atoms with Crippen LogP contribution in [-0.4, -0.2) is 42.0 Å². The van der Waals surface area contributed by atoms with Crippen LogP contribution in [0.2, 0.25) is 0 Å².